The number of fused-ring (bicyclic) bond motifs is 8. The van der Waals surface area contributed by atoms with E-state index in [1.807, 2.05) is 0 Å². The molecule has 0 aromatic heterocycles. The second-order valence-electron chi connectivity index (χ2n) is 19.2. The Hall–Kier alpha value is -6.84. The first-order valence-corrected chi connectivity index (χ1v) is 22.3. The molecule has 298 valence electrons. The van der Waals surface area contributed by atoms with E-state index in [1.165, 1.54) is 124 Å². The molecule has 3 aliphatic rings. The Morgan fingerprint density at radius 3 is 1.73 bits per heavy atom. The van der Waals surface area contributed by atoms with Crippen LogP contribution in [-0.4, -0.2) is 6.85 Å². The molecule has 0 spiro atoms. The molecule has 9 aromatic carbocycles. The predicted octanol–water partition coefficient (Wildman–Crippen LogP) is 14.7. The van der Waals surface area contributed by atoms with Crippen molar-refractivity contribution in [3.05, 3.63) is 199 Å². The number of hydrogen-bond donors (Lipinski definition) is 0. The van der Waals surface area contributed by atoms with E-state index in [0.717, 1.165) is 0 Å². The molecule has 9 aromatic rings. The highest BCUT2D eigenvalue weighted by molar-refractivity contribution is 6.94. The van der Waals surface area contributed by atoms with Crippen molar-refractivity contribution < 1.29 is 0 Å². The van der Waals surface area contributed by atoms with Crippen LogP contribution >= 0.6 is 0 Å². The first-order chi connectivity index (χ1) is 30.1. The van der Waals surface area contributed by atoms with Crippen LogP contribution in [0.3, 0.4) is 0 Å². The molecule has 0 N–H and O–H groups in total. The summed E-state index contributed by atoms with van der Waals surface area (Å²) in [5, 5.41) is 5.00. The lowest BCUT2D eigenvalue weighted by atomic mass is 9.43. The van der Waals surface area contributed by atoms with Crippen molar-refractivity contribution >= 4 is 67.8 Å². The molecule has 2 nitrogen and oxygen atoms in total. The molecule has 0 bridgehead atoms. The zero-order valence-electron chi connectivity index (χ0n) is 36.2. The van der Waals surface area contributed by atoms with Crippen molar-refractivity contribution in [1.82, 2.24) is 0 Å². The zero-order chi connectivity index (χ0) is 41.9. The fourth-order valence-corrected chi connectivity index (χ4v) is 11.1. The Bertz CT molecular complexity index is 3260. The van der Waals surface area contributed by atoms with Gasteiger partial charge >= 0.3 is 6.85 Å². The molecule has 62 heavy (non-hydrogen) atoms. The molecule has 12 rings (SSSR count). The quantitative estimate of drug-likeness (QED) is 0.164. The largest absolute Gasteiger partial charge is 0.376 e. The van der Waals surface area contributed by atoms with Gasteiger partial charge in [-0.05, 0) is 139 Å². The average Bonchev–Trinajstić information content (AvgIpc) is 3.30. The summed E-state index contributed by atoms with van der Waals surface area (Å²) in [4.78, 5) is 5.33. The molecule has 2 aliphatic heterocycles. The molecule has 0 radical (unpaired) electrons. The van der Waals surface area contributed by atoms with Crippen LogP contribution in [0, 0.1) is 6.92 Å². The fraction of sp³-hybridized carbons (Fsp3) is 0.153. The molecule has 0 atom stereocenters. The lowest BCUT2D eigenvalue weighted by Crippen LogP contribution is -2.61. The number of nitrogens with zero attached hydrogens (tertiary/aromatic N) is 2. The average molecular weight is 797 g/mol. The van der Waals surface area contributed by atoms with Gasteiger partial charge in [-0.25, -0.2) is 0 Å². The summed E-state index contributed by atoms with van der Waals surface area (Å²) in [6.45, 7) is 12.0. The van der Waals surface area contributed by atoms with E-state index < -0.39 is 0 Å². The Kier molecular flexibility index (Phi) is 8.10. The van der Waals surface area contributed by atoms with Crippen molar-refractivity contribution in [1.29, 1.82) is 0 Å². The fourth-order valence-electron chi connectivity index (χ4n) is 11.1. The van der Waals surface area contributed by atoms with Crippen molar-refractivity contribution in [2.45, 2.75) is 58.3 Å². The number of anilines is 5. The highest BCUT2D eigenvalue weighted by Crippen LogP contribution is 2.53. The van der Waals surface area contributed by atoms with Crippen molar-refractivity contribution in [3.8, 4) is 33.4 Å². The summed E-state index contributed by atoms with van der Waals surface area (Å²) in [7, 11) is 0. The third kappa shape index (κ3) is 5.57. The minimum absolute atomic E-state index is 0.0614. The van der Waals surface area contributed by atoms with Gasteiger partial charge in [0.15, 0.2) is 0 Å². The number of benzene rings is 9. The van der Waals surface area contributed by atoms with Crippen LogP contribution in [0.15, 0.2) is 182 Å². The Balaban J connectivity index is 1.21. The van der Waals surface area contributed by atoms with Crippen LogP contribution in [0.2, 0.25) is 0 Å². The standard InChI is InChI=1S/C59H49BN2/c1-38-32-50-51(59(4,5)31-30-58(50,2)3)37-53(38)61-54-35-44-22-13-12-21-43(44)34-52(54)60-56-49(33-45(36-55(56)61)40-18-10-7-11-19-40)48-29-26-42-20-14-15-23-47(42)57(48)62(60)46-27-24-41(25-28-46)39-16-8-6-9-17-39/h6-29,32-37H,30-31H2,1-5H3. The highest BCUT2D eigenvalue weighted by Gasteiger charge is 2.47. The SMILES string of the molecule is Cc1cc2c(cc1N1c3cc4ccccc4cc3B3c4c(cc(-c5ccccc5)cc41)-c1ccc4ccccc4c1N3c1ccc(-c3ccccc3)cc1)C(C)(C)CCC2(C)C. The van der Waals surface area contributed by atoms with Gasteiger partial charge in [-0.15, -0.1) is 0 Å². The number of rotatable bonds is 4. The third-order valence-corrected chi connectivity index (χ3v) is 14.6. The van der Waals surface area contributed by atoms with Crippen molar-refractivity contribution in [3.63, 3.8) is 0 Å². The molecular formula is C59H49BN2. The Morgan fingerprint density at radius 1 is 0.452 bits per heavy atom. The van der Waals surface area contributed by atoms with Gasteiger partial charge in [0.2, 0.25) is 0 Å². The highest BCUT2D eigenvalue weighted by atomic mass is 15.2. The van der Waals surface area contributed by atoms with Crippen molar-refractivity contribution in [2.24, 2.45) is 0 Å². The molecule has 1 aliphatic carbocycles. The molecule has 0 amide bonds. The lowest BCUT2D eigenvalue weighted by Gasteiger charge is -2.47. The van der Waals surface area contributed by atoms with Crippen LogP contribution in [0.4, 0.5) is 28.4 Å². The second-order valence-corrected chi connectivity index (χ2v) is 19.2. The summed E-state index contributed by atoms with van der Waals surface area (Å²) in [6, 6.07) is 68.7. The van der Waals surface area contributed by atoms with Crippen LogP contribution < -0.4 is 20.6 Å². The molecule has 0 saturated heterocycles. The molecule has 0 saturated carbocycles. The zero-order valence-corrected chi connectivity index (χ0v) is 36.2. The summed E-state index contributed by atoms with van der Waals surface area (Å²) < 4.78 is 0. The maximum Gasteiger partial charge on any atom is 0.333 e. The van der Waals surface area contributed by atoms with Crippen LogP contribution in [0.1, 0.15) is 57.2 Å². The Morgan fingerprint density at radius 2 is 1.03 bits per heavy atom. The monoisotopic (exact) mass is 796 g/mol. The van der Waals surface area contributed by atoms with Gasteiger partial charge in [-0.1, -0.05) is 173 Å². The topological polar surface area (TPSA) is 6.48 Å². The van der Waals surface area contributed by atoms with E-state index in [0.29, 0.717) is 0 Å². The molecule has 3 heteroatoms. The van der Waals surface area contributed by atoms with E-state index in [-0.39, 0.29) is 17.7 Å². The van der Waals surface area contributed by atoms with E-state index >= 15 is 0 Å². The van der Waals surface area contributed by atoms with Gasteiger partial charge in [0.25, 0.3) is 0 Å². The normalized spacial score (nSPS) is 15.5. The number of hydrogen-bond acceptors (Lipinski definition) is 2. The third-order valence-electron chi connectivity index (χ3n) is 14.6. The minimum atomic E-state index is -0.102. The predicted molar refractivity (Wildman–Crippen MR) is 266 cm³/mol. The minimum Gasteiger partial charge on any atom is -0.376 e. The second kappa shape index (κ2) is 13.6. The number of aryl methyl sites for hydroxylation is 1. The maximum atomic E-state index is 2.68. The van der Waals surface area contributed by atoms with Crippen LogP contribution in [0.5, 0.6) is 0 Å². The summed E-state index contributed by atoms with van der Waals surface area (Å²) in [5.74, 6) is 0. The van der Waals surface area contributed by atoms with E-state index in [2.05, 4.69) is 226 Å². The van der Waals surface area contributed by atoms with E-state index in [1.54, 1.807) is 0 Å². The van der Waals surface area contributed by atoms with Crippen LogP contribution in [-0.2, 0) is 10.8 Å². The summed E-state index contributed by atoms with van der Waals surface area (Å²) in [5.41, 5.74) is 20.7. The molecule has 0 unspecified atom stereocenters. The lowest BCUT2D eigenvalue weighted by molar-refractivity contribution is 0.332. The molecule has 2 heterocycles. The van der Waals surface area contributed by atoms with Gasteiger partial charge in [0.1, 0.15) is 0 Å². The van der Waals surface area contributed by atoms with Gasteiger partial charge in [0.05, 0.1) is 0 Å². The maximum absolute atomic E-state index is 2.68. The molecule has 0 fully saturated rings. The first kappa shape index (κ1) is 37.0. The smallest absolute Gasteiger partial charge is 0.333 e. The summed E-state index contributed by atoms with van der Waals surface area (Å²) >= 11 is 0. The van der Waals surface area contributed by atoms with Gasteiger partial charge in [-0.2, -0.15) is 0 Å². The van der Waals surface area contributed by atoms with Crippen LogP contribution in [0.25, 0.3) is 54.9 Å². The van der Waals surface area contributed by atoms with E-state index in [4.69, 9.17) is 0 Å². The molecular weight excluding hydrogens is 747 g/mol. The first-order valence-electron chi connectivity index (χ1n) is 22.3. The van der Waals surface area contributed by atoms with Crippen molar-refractivity contribution in [2.75, 3.05) is 9.71 Å². The van der Waals surface area contributed by atoms with E-state index in [9.17, 15) is 0 Å². The summed E-state index contributed by atoms with van der Waals surface area (Å²) in [6.07, 6.45) is 2.36. The van der Waals surface area contributed by atoms with Gasteiger partial charge in [-0.3, -0.25) is 0 Å². The Labute approximate surface area is 366 Å². The van der Waals surface area contributed by atoms with Gasteiger partial charge in [0, 0.05) is 39.4 Å². The van der Waals surface area contributed by atoms with Gasteiger partial charge < -0.3 is 9.71 Å².